The lowest BCUT2D eigenvalue weighted by atomic mass is 9.95. The van der Waals surface area contributed by atoms with Crippen molar-refractivity contribution in [3.05, 3.63) is 89.5 Å². The van der Waals surface area contributed by atoms with Crippen LogP contribution in [0.2, 0.25) is 5.02 Å². The van der Waals surface area contributed by atoms with Crippen LogP contribution in [-0.2, 0) is 0 Å². The predicted octanol–water partition coefficient (Wildman–Crippen LogP) is 3.67. The molecule has 0 atom stereocenters. The van der Waals surface area contributed by atoms with E-state index in [-0.39, 0.29) is 33.2 Å². The molecule has 3 aromatic rings. The van der Waals surface area contributed by atoms with E-state index < -0.39 is 23.0 Å². The summed E-state index contributed by atoms with van der Waals surface area (Å²) in [5.74, 6) is -0.980. The van der Waals surface area contributed by atoms with Gasteiger partial charge in [0.25, 0.3) is 5.56 Å². The number of hydrogen-bond donors (Lipinski definition) is 1. The zero-order chi connectivity index (χ0) is 23.0. The maximum atomic E-state index is 13.7. The zero-order valence-electron chi connectivity index (χ0n) is 17.9. The highest BCUT2D eigenvalue weighted by Gasteiger charge is 2.28. The molecule has 0 aliphatic rings. The second-order valence-electron chi connectivity index (χ2n) is 7.74. The SMILES string of the molecule is Cc1ccc(C(=O)c2c(C(C)C)c(=O)[nH]c(=O)n2-c2c(C=O)ncc(C)c2C)c(Cl)c1. The van der Waals surface area contributed by atoms with E-state index in [0.29, 0.717) is 11.8 Å². The third-order valence-corrected chi connectivity index (χ3v) is 5.54. The van der Waals surface area contributed by atoms with Crippen LogP contribution in [-0.4, -0.2) is 26.6 Å². The number of nitrogens with zero attached hydrogens (tertiary/aromatic N) is 2. The van der Waals surface area contributed by atoms with E-state index in [1.54, 1.807) is 45.9 Å². The maximum Gasteiger partial charge on any atom is 0.333 e. The molecule has 0 amide bonds. The van der Waals surface area contributed by atoms with Crippen molar-refractivity contribution in [3.63, 3.8) is 0 Å². The number of aryl methyl sites for hydroxylation is 2. The number of rotatable bonds is 5. The molecular weight excluding hydrogens is 418 g/mol. The molecular formula is C23H22ClN3O4. The molecule has 8 heteroatoms. The number of aromatic amines is 1. The molecule has 0 fully saturated rings. The molecule has 0 saturated heterocycles. The van der Waals surface area contributed by atoms with Crippen LogP contribution in [0.15, 0.2) is 34.0 Å². The summed E-state index contributed by atoms with van der Waals surface area (Å²) < 4.78 is 1.08. The highest BCUT2D eigenvalue weighted by Crippen LogP contribution is 2.27. The highest BCUT2D eigenvalue weighted by molar-refractivity contribution is 6.35. The molecule has 31 heavy (non-hydrogen) atoms. The van der Waals surface area contributed by atoms with E-state index >= 15 is 0 Å². The standard InChI is InChI=1S/C23H22ClN3O4/c1-11(2)18-20(21(29)15-7-6-12(3)8-16(15)24)27(23(31)26-22(18)30)19-14(5)13(4)9-25-17(19)10-28/h6-11H,1-5H3,(H,26,30,31). The van der Waals surface area contributed by atoms with Crippen molar-refractivity contribution >= 4 is 23.7 Å². The zero-order valence-corrected chi connectivity index (χ0v) is 18.6. The number of ketones is 1. The summed E-state index contributed by atoms with van der Waals surface area (Å²) in [7, 11) is 0. The third-order valence-electron chi connectivity index (χ3n) is 5.23. The van der Waals surface area contributed by atoms with Crippen molar-refractivity contribution in [1.82, 2.24) is 14.5 Å². The minimum absolute atomic E-state index is 0.0176. The Morgan fingerprint density at radius 1 is 1.19 bits per heavy atom. The van der Waals surface area contributed by atoms with Gasteiger partial charge in [-0.25, -0.2) is 4.79 Å². The minimum Gasteiger partial charge on any atom is -0.296 e. The van der Waals surface area contributed by atoms with E-state index in [4.69, 9.17) is 11.6 Å². The van der Waals surface area contributed by atoms with Crippen LogP contribution >= 0.6 is 11.6 Å². The summed E-state index contributed by atoms with van der Waals surface area (Å²) >= 11 is 6.34. The topological polar surface area (TPSA) is 102 Å². The monoisotopic (exact) mass is 439 g/mol. The van der Waals surface area contributed by atoms with E-state index in [0.717, 1.165) is 15.7 Å². The van der Waals surface area contributed by atoms with Crippen LogP contribution in [0, 0.1) is 20.8 Å². The number of pyridine rings is 1. The van der Waals surface area contributed by atoms with E-state index in [1.165, 1.54) is 6.20 Å². The summed E-state index contributed by atoms with van der Waals surface area (Å²) in [6.07, 6.45) is 2.03. The molecule has 0 aliphatic carbocycles. The molecule has 0 unspecified atom stereocenters. The Morgan fingerprint density at radius 2 is 1.87 bits per heavy atom. The van der Waals surface area contributed by atoms with Crippen LogP contribution in [0.1, 0.15) is 68.6 Å². The van der Waals surface area contributed by atoms with Gasteiger partial charge in [0.2, 0.25) is 5.78 Å². The molecule has 1 N–H and O–H groups in total. The largest absolute Gasteiger partial charge is 0.333 e. The Hall–Kier alpha value is -3.32. The smallest absolute Gasteiger partial charge is 0.296 e. The van der Waals surface area contributed by atoms with Gasteiger partial charge in [-0.1, -0.05) is 31.5 Å². The van der Waals surface area contributed by atoms with Crippen molar-refractivity contribution in [2.75, 3.05) is 0 Å². The lowest BCUT2D eigenvalue weighted by molar-refractivity contribution is 0.102. The molecule has 3 rings (SSSR count). The third kappa shape index (κ3) is 3.88. The first-order chi connectivity index (χ1) is 14.6. The van der Waals surface area contributed by atoms with Gasteiger partial charge in [-0.2, -0.15) is 0 Å². The second kappa shape index (κ2) is 8.43. The molecule has 0 radical (unpaired) electrons. The van der Waals surface area contributed by atoms with Gasteiger partial charge < -0.3 is 0 Å². The quantitative estimate of drug-likeness (QED) is 0.482. The Bertz CT molecular complexity index is 1340. The fourth-order valence-corrected chi connectivity index (χ4v) is 3.85. The van der Waals surface area contributed by atoms with E-state index in [9.17, 15) is 19.2 Å². The summed E-state index contributed by atoms with van der Waals surface area (Å²) in [6.45, 7) is 8.82. The Labute approximate surface area is 183 Å². The van der Waals surface area contributed by atoms with Gasteiger partial charge in [-0.05, 0) is 55.5 Å². The van der Waals surface area contributed by atoms with Gasteiger partial charge in [-0.3, -0.25) is 28.9 Å². The van der Waals surface area contributed by atoms with Gasteiger partial charge >= 0.3 is 5.69 Å². The number of nitrogens with one attached hydrogen (secondary N) is 1. The molecule has 0 spiro atoms. The number of H-pyrrole nitrogens is 1. The Kier molecular flexibility index (Phi) is 6.08. The highest BCUT2D eigenvalue weighted by atomic mass is 35.5. The summed E-state index contributed by atoms with van der Waals surface area (Å²) in [5.41, 5.74) is 0.956. The summed E-state index contributed by atoms with van der Waals surface area (Å²) in [5, 5.41) is 0.202. The fraction of sp³-hybridized carbons (Fsp3) is 0.261. The molecule has 0 bridgehead atoms. The Morgan fingerprint density at radius 3 is 2.45 bits per heavy atom. The number of aromatic nitrogens is 3. The summed E-state index contributed by atoms with van der Waals surface area (Å²) in [6, 6.07) is 4.91. The lowest BCUT2D eigenvalue weighted by Gasteiger charge is -2.20. The molecule has 2 aromatic heterocycles. The maximum absolute atomic E-state index is 13.7. The van der Waals surface area contributed by atoms with Crippen molar-refractivity contribution in [1.29, 1.82) is 0 Å². The first kappa shape index (κ1) is 22.4. The first-order valence-corrected chi connectivity index (χ1v) is 10.1. The van der Waals surface area contributed by atoms with Crippen molar-refractivity contribution in [3.8, 4) is 5.69 Å². The van der Waals surface area contributed by atoms with Gasteiger partial charge in [0.15, 0.2) is 6.29 Å². The summed E-state index contributed by atoms with van der Waals surface area (Å²) in [4.78, 5) is 57.6. The van der Waals surface area contributed by atoms with Crippen molar-refractivity contribution in [2.24, 2.45) is 0 Å². The number of hydrogen-bond acceptors (Lipinski definition) is 5. The van der Waals surface area contributed by atoms with Crippen LogP contribution in [0.4, 0.5) is 0 Å². The number of aldehydes is 1. The van der Waals surface area contributed by atoms with Crippen LogP contribution < -0.4 is 11.2 Å². The van der Waals surface area contributed by atoms with E-state index in [2.05, 4.69) is 9.97 Å². The number of halogens is 1. The molecule has 7 nitrogen and oxygen atoms in total. The number of carbonyl (C=O) groups is 2. The van der Waals surface area contributed by atoms with E-state index in [1.807, 2.05) is 6.92 Å². The number of carbonyl (C=O) groups excluding carboxylic acids is 2. The van der Waals surface area contributed by atoms with Gasteiger partial charge in [0.1, 0.15) is 11.4 Å². The lowest BCUT2D eigenvalue weighted by Crippen LogP contribution is -2.38. The molecule has 1 aromatic carbocycles. The molecule has 2 heterocycles. The normalized spacial score (nSPS) is 11.1. The van der Waals surface area contributed by atoms with Gasteiger partial charge in [0, 0.05) is 17.3 Å². The van der Waals surface area contributed by atoms with Crippen LogP contribution in [0.3, 0.4) is 0 Å². The first-order valence-electron chi connectivity index (χ1n) is 9.70. The van der Waals surface area contributed by atoms with Crippen molar-refractivity contribution in [2.45, 2.75) is 40.5 Å². The predicted molar refractivity (Wildman–Crippen MR) is 119 cm³/mol. The number of benzene rings is 1. The fourth-order valence-electron chi connectivity index (χ4n) is 3.53. The van der Waals surface area contributed by atoms with Crippen LogP contribution in [0.25, 0.3) is 5.69 Å². The van der Waals surface area contributed by atoms with Crippen molar-refractivity contribution < 1.29 is 9.59 Å². The second-order valence-corrected chi connectivity index (χ2v) is 8.15. The molecule has 0 saturated carbocycles. The minimum atomic E-state index is -0.834. The van der Waals surface area contributed by atoms with Crippen LogP contribution in [0.5, 0.6) is 0 Å². The van der Waals surface area contributed by atoms with Gasteiger partial charge in [-0.15, -0.1) is 0 Å². The molecule has 0 aliphatic heterocycles. The Balaban J connectivity index is 2.54. The molecule has 160 valence electrons. The average molecular weight is 440 g/mol. The van der Waals surface area contributed by atoms with Gasteiger partial charge in [0.05, 0.1) is 10.7 Å². The average Bonchev–Trinajstić information content (AvgIpc) is 2.69.